The second kappa shape index (κ2) is 8.70. The van der Waals surface area contributed by atoms with Gasteiger partial charge in [0.15, 0.2) is 0 Å². The Labute approximate surface area is 138 Å². The number of nitrogens with zero attached hydrogens (tertiary/aromatic N) is 1. The molecule has 0 aromatic heterocycles. The third-order valence-corrected chi connectivity index (χ3v) is 4.54. The van der Waals surface area contributed by atoms with Gasteiger partial charge in [0.2, 0.25) is 5.91 Å². The van der Waals surface area contributed by atoms with Gasteiger partial charge in [-0.05, 0) is 17.5 Å². The molecule has 23 heavy (non-hydrogen) atoms. The van der Waals surface area contributed by atoms with Crippen molar-refractivity contribution in [3.05, 3.63) is 35.4 Å². The van der Waals surface area contributed by atoms with Crippen LogP contribution in [0.5, 0.6) is 0 Å². The fraction of sp³-hybridized carbons (Fsp3) is 0.579. The summed E-state index contributed by atoms with van der Waals surface area (Å²) >= 11 is 0. The molecule has 4 nitrogen and oxygen atoms in total. The van der Waals surface area contributed by atoms with Gasteiger partial charge in [-0.15, -0.1) is 0 Å². The summed E-state index contributed by atoms with van der Waals surface area (Å²) in [7, 11) is 1.39. The lowest BCUT2D eigenvalue weighted by Crippen LogP contribution is -2.49. The van der Waals surface area contributed by atoms with E-state index in [9.17, 15) is 9.59 Å². The van der Waals surface area contributed by atoms with Crippen molar-refractivity contribution in [3.8, 4) is 0 Å². The van der Waals surface area contributed by atoms with Gasteiger partial charge in [0.25, 0.3) is 0 Å². The molecule has 0 unspecified atom stereocenters. The van der Waals surface area contributed by atoms with Crippen LogP contribution in [0.15, 0.2) is 24.3 Å². The highest BCUT2D eigenvalue weighted by molar-refractivity contribution is 5.85. The molecule has 0 fully saturated rings. The van der Waals surface area contributed by atoms with Gasteiger partial charge in [0, 0.05) is 19.4 Å². The van der Waals surface area contributed by atoms with Crippen LogP contribution < -0.4 is 0 Å². The number of esters is 1. The van der Waals surface area contributed by atoms with Crippen LogP contribution in [0.3, 0.4) is 0 Å². The third kappa shape index (κ3) is 4.57. The second-order valence-electron chi connectivity index (χ2n) is 6.20. The highest BCUT2D eigenvalue weighted by Gasteiger charge is 2.34. The molecule has 0 saturated heterocycles. The summed E-state index contributed by atoms with van der Waals surface area (Å²) in [5.74, 6) is -0.259. The summed E-state index contributed by atoms with van der Waals surface area (Å²) in [6.45, 7) is 2.68. The van der Waals surface area contributed by atoms with Crippen LogP contribution in [0, 0.1) is 0 Å². The number of unbranched alkanes of at least 4 members (excludes halogenated alkanes) is 4. The zero-order valence-electron chi connectivity index (χ0n) is 14.2. The molecule has 2 rings (SSSR count). The van der Waals surface area contributed by atoms with E-state index < -0.39 is 6.04 Å². The van der Waals surface area contributed by atoms with Crippen LogP contribution in [-0.2, 0) is 27.3 Å². The molecule has 1 amide bonds. The SMILES string of the molecule is CCCCCCCC(=O)N1Cc2ccccc2C[C@H]1C(=O)OC. The number of hydrogen-bond donors (Lipinski definition) is 0. The van der Waals surface area contributed by atoms with Gasteiger partial charge in [0.1, 0.15) is 6.04 Å². The molecule has 0 bridgehead atoms. The van der Waals surface area contributed by atoms with Crippen molar-refractivity contribution in [1.82, 2.24) is 4.90 Å². The zero-order chi connectivity index (χ0) is 16.7. The molecule has 0 radical (unpaired) electrons. The standard InChI is InChI=1S/C19H27NO3/c1-3-4-5-6-7-12-18(21)20-14-16-11-9-8-10-15(16)13-17(20)19(22)23-2/h8-11,17H,3-7,12-14H2,1-2H3/t17-/m0/s1. The van der Waals surface area contributed by atoms with Gasteiger partial charge in [-0.1, -0.05) is 56.9 Å². The Morgan fingerprint density at radius 1 is 1.13 bits per heavy atom. The molecule has 1 aliphatic rings. The van der Waals surface area contributed by atoms with Gasteiger partial charge in [-0.3, -0.25) is 4.79 Å². The lowest BCUT2D eigenvalue weighted by Gasteiger charge is -2.35. The molecule has 4 heteroatoms. The van der Waals surface area contributed by atoms with E-state index in [2.05, 4.69) is 6.92 Å². The molecule has 126 valence electrons. The van der Waals surface area contributed by atoms with E-state index in [1.165, 1.54) is 26.4 Å². The summed E-state index contributed by atoms with van der Waals surface area (Å²) in [6, 6.07) is 7.52. The first-order chi connectivity index (χ1) is 11.2. The van der Waals surface area contributed by atoms with Crippen molar-refractivity contribution in [2.24, 2.45) is 0 Å². The van der Waals surface area contributed by atoms with Crippen molar-refractivity contribution in [3.63, 3.8) is 0 Å². The average molecular weight is 317 g/mol. The summed E-state index contributed by atoms with van der Waals surface area (Å²) < 4.78 is 4.91. The lowest BCUT2D eigenvalue weighted by atomic mass is 9.93. The Hall–Kier alpha value is -1.84. The second-order valence-corrected chi connectivity index (χ2v) is 6.20. The maximum atomic E-state index is 12.6. The number of fused-ring (bicyclic) bond motifs is 1. The Morgan fingerprint density at radius 3 is 2.52 bits per heavy atom. The largest absolute Gasteiger partial charge is 0.467 e. The number of methoxy groups -OCH3 is 1. The molecule has 0 N–H and O–H groups in total. The summed E-state index contributed by atoms with van der Waals surface area (Å²) in [4.78, 5) is 26.4. The fourth-order valence-corrected chi connectivity index (χ4v) is 3.16. The predicted molar refractivity (Wildman–Crippen MR) is 89.9 cm³/mol. The minimum Gasteiger partial charge on any atom is -0.467 e. The number of rotatable bonds is 7. The molecule has 0 aliphatic carbocycles. The van der Waals surface area contributed by atoms with Crippen molar-refractivity contribution in [2.45, 2.75) is 64.5 Å². The number of carbonyl (C=O) groups excluding carboxylic acids is 2. The molecule has 1 aromatic rings. The molecular weight excluding hydrogens is 290 g/mol. The smallest absolute Gasteiger partial charge is 0.328 e. The molecular formula is C19H27NO3. The van der Waals surface area contributed by atoms with Crippen molar-refractivity contribution in [2.75, 3.05) is 7.11 Å². The Kier molecular flexibility index (Phi) is 6.63. The van der Waals surface area contributed by atoms with E-state index in [4.69, 9.17) is 4.74 Å². The van der Waals surface area contributed by atoms with Crippen LogP contribution >= 0.6 is 0 Å². The first-order valence-corrected chi connectivity index (χ1v) is 8.61. The van der Waals surface area contributed by atoms with Gasteiger partial charge in [-0.25, -0.2) is 4.79 Å². The van der Waals surface area contributed by atoms with E-state index in [1.54, 1.807) is 4.90 Å². The first kappa shape index (κ1) is 17.5. The minimum atomic E-state index is -0.488. The number of ether oxygens (including phenoxy) is 1. The summed E-state index contributed by atoms with van der Waals surface area (Å²) in [6.07, 6.45) is 6.62. The number of hydrogen-bond acceptors (Lipinski definition) is 3. The van der Waals surface area contributed by atoms with E-state index in [1.807, 2.05) is 24.3 Å². The molecule has 0 spiro atoms. The highest BCUT2D eigenvalue weighted by atomic mass is 16.5. The molecule has 1 heterocycles. The lowest BCUT2D eigenvalue weighted by molar-refractivity contribution is -0.154. The van der Waals surface area contributed by atoms with Crippen LogP contribution in [0.25, 0.3) is 0 Å². The Bertz CT molecular complexity index is 541. The maximum Gasteiger partial charge on any atom is 0.328 e. The Morgan fingerprint density at radius 2 is 1.83 bits per heavy atom. The monoisotopic (exact) mass is 317 g/mol. The zero-order valence-corrected chi connectivity index (χ0v) is 14.2. The number of amides is 1. The van der Waals surface area contributed by atoms with Gasteiger partial charge < -0.3 is 9.64 Å². The number of carbonyl (C=O) groups is 2. The normalized spacial score (nSPS) is 16.8. The molecule has 0 saturated carbocycles. The molecule has 1 aromatic carbocycles. The topological polar surface area (TPSA) is 46.6 Å². The van der Waals surface area contributed by atoms with Gasteiger partial charge in [-0.2, -0.15) is 0 Å². The van der Waals surface area contributed by atoms with Crippen LogP contribution in [0.4, 0.5) is 0 Å². The minimum absolute atomic E-state index is 0.0615. The van der Waals surface area contributed by atoms with Crippen molar-refractivity contribution in [1.29, 1.82) is 0 Å². The van der Waals surface area contributed by atoms with Gasteiger partial charge >= 0.3 is 5.97 Å². The Balaban J connectivity index is 2.02. The van der Waals surface area contributed by atoms with Crippen molar-refractivity contribution >= 4 is 11.9 Å². The third-order valence-electron chi connectivity index (χ3n) is 4.54. The summed E-state index contributed by atoms with van der Waals surface area (Å²) in [5.41, 5.74) is 2.27. The van der Waals surface area contributed by atoms with Crippen LogP contribution in [0.1, 0.15) is 56.6 Å². The average Bonchev–Trinajstić information content (AvgIpc) is 2.59. The van der Waals surface area contributed by atoms with E-state index >= 15 is 0 Å². The van der Waals surface area contributed by atoms with E-state index in [0.29, 0.717) is 19.4 Å². The molecule has 1 atom stereocenters. The van der Waals surface area contributed by atoms with Crippen LogP contribution in [-0.4, -0.2) is 29.9 Å². The first-order valence-electron chi connectivity index (χ1n) is 8.61. The number of benzene rings is 1. The van der Waals surface area contributed by atoms with Crippen LogP contribution in [0.2, 0.25) is 0 Å². The van der Waals surface area contributed by atoms with Gasteiger partial charge in [0.05, 0.1) is 7.11 Å². The molecule has 1 aliphatic heterocycles. The van der Waals surface area contributed by atoms with E-state index in [-0.39, 0.29) is 11.9 Å². The highest BCUT2D eigenvalue weighted by Crippen LogP contribution is 2.25. The summed E-state index contributed by atoms with van der Waals surface area (Å²) in [5, 5.41) is 0. The fourth-order valence-electron chi connectivity index (χ4n) is 3.16. The quantitative estimate of drug-likeness (QED) is 0.571. The predicted octanol–water partition coefficient (Wildman–Crippen LogP) is 3.47. The van der Waals surface area contributed by atoms with Crippen molar-refractivity contribution < 1.29 is 14.3 Å². The maximum absolute atomic E-state index is 12.6. The van der Waals surface area contributed by atoms with E-state index in [0.717, 1.165) is 24.0 Å².